The fraction of sp³-hybridized carbons (Fsp3) is 0.353. The number of hydrogen-bond acceptors (Lipinski definition) is 3. The Balaban J connectivity index is 1.70. The number of aromatic nitrogens is 2. The number of H-pyrrole nitrogens is 1. The van der Waals surface area contributed by atoms with Gasteiger partial charge in [0.2, 0.25) is 0 Å². The molecule has 122 valence electrons. The summed E-state index contributed by atoms with van der Waals surface area (Å²) in [6.45, 7) is 0.575. The van der Waals surface area contributed by atoms with Gasteiger partial charge in [0.05, 0.1) is 5.69 Å². The van der Waals surface area contributed by atoms with Crippen LogP contribution in [0.5, 0.6) is 0 Å². The highest BCUT2D eigenvalue weighted by Gasteiger charge is 2.10. The average molecular weight is 315 g/mol. The number of carbonyl (C=O) groups is 2. The highest BCUT2D eigenvalue weighted by Crippen LogP contribution is 2.16. The SMILES string of the molecule is O=C(O)CCCCCCNC(=O)c1cc(-c2ccccc2)n[nH]1. The number of carboxylic acid groups (broad SMARTS) is 1. The van der Waals surface area contributed by atoms with Crippen LogP contribution in [0.3, 0.4) is 0 Å². The molecule has 0 radical (unpaired) electrons. The molecule has 0 aliphatic rings. The maximum absolute atomic E-state index is 12.0. The van der Waals surface area contributed by atoms with Gasteiger partial charge >= 0.3 is 5.97 Å². The van der Waals surface area contributed by atoms with E-state index < -0.39 is 5.97 Å². The van der Waals surface area contributed by atoms with Crippen molar-refractivity contribution in [2.24, 2.45) is 0 Å². The molecular formula is C17H21N3O3. The summed E-state index contributed by atoms with van der Waals surface area (Å²) in [5.74, 6) is -0.933. The first kappa shape index (κ1) is 16.7. The van der Waals surface area contributed by atoms with E-state index in [0.29, 0.717) is 18.7 Å². The van der Waals surface area contributed by atoms with E-state index in [1.165, 1.54) is 0 Å². The van der Waals surface area contributed by atoms with Crippen molar-refractivity contribution in [2.75, 3.05) is 6.54 Å². The number of carboxylic acids is 1. The minimum absolute atomic E-state index is 0.176. The summed E-state index contributed by atoms with van der Waals surface area (Å²) in [6, 6.07) is 11.4. The van der Waals surface area contributed by atoms with Crippen molar-refractivity contribution in [1.29, 1.82) is 0 Å². The lowest BCUT2D eigenvalue weighted by molar-refractivity contribution is -0.137. The normalized spacial score (nSPS) is 10.4. The summed E-state index contributed by atoms with van der Waals surface area (Å²) < 4.78 is 0. The van der Waals surface area contributed by atoms with Gasteiger partial charge in [-0.1, -0.05) is 43.2 Å². The predicted molar refractivity (Wildman–Crippen MR) is 87.1 cm³/mol. The van der Waals surface area contributed by atoms with Gasteiger partial charge in [0.15, 0.2) is 0 Å². The van der Waals surface area contributed by atoms with Crippen LogP contribution in [0.25, 0.3) is 11.3 Å². The highest BCUT2D eigenvalue weighted by molar-refractivity contribution is 5.93. The van der Waals surface area contributed by atoms with Gasteiger partial charge in [0.1, 0.15) is 5.69 Å². The zero-order valence-corrected chi connectivity index (χ0v) is 12.9. The average Bonchev–Trinajstić information content (AvgIpc) is 3.04. The Morgan fingerprint density at radius 3 is 2.57 bits per heavy atom. The van der Waals surface area contributed by atoms with Gasteiger partial charge in [-0.2, -0.15) is 5.10 Å². The monoisotopic (exact) mass is 315 g/mol. The fourth-order valence-corrected chi connectivity index (χ4v) is 2.25. The van der Waals surface area contributed by atoms with E-state index in [1.54, 1.807) is 6.07 Å². The maximum atomic E-state index is 12.0. The number of rotatable bonds is 9. The molecule has 0 saturated carbocycles. The van der Waals surface area contributed by atoms with Crippen LogP contribution in [0.4, 0.5) is 0 Å². The summed E-state index contributed by atoms with van der Waals surface area (Å²) in [4.78, 5) is 22.4. The first-order chi connectivity index (χ1) is 11.2. The van der Waals surface area contributed by atoms with Gasteiger partial charge in [-0.05, 0) is 18.9 Å². The third-order valence-corrected chi connectivity index (χ3v) is 3.50. The standard InChI is InChI=1S/C17H21N3O3/c21-16(22)10-6-1-2-7-11-18-17(23)15-12-14(19-20-15)13-8-4-3-5-9-13/h3-5,8-9,12H,1-2,6-7,10-11H2,(H,18,23)(H,19,20)(H,21,22). The van der Waals surface area contributed by atoms with E-state index in [1.807, 2.05) is 30.3 Å². The number of aromatic amines is 1. The molecule has 0 spiro atoms. The Labute approximate surface area is 134 Å². The number of nitrogens with one attached hydrogen (secondary N) is 2. The zero-order valence-electron chi connectivity index (χ0n) is 12.9. The Bertz CT molecular complexity index is 638. The van der Waals surface area contributed by atoms with Crippen molar-refractivity contribution < 1.29 is 14.7 Å². The van der Waals surface area contributed by atoms with Crippen LogP contribution in [0.1, 0.15) is 42.6 Å². The largest absolute Gasteiger partial charge is 0.481 e. The summed E-state index contributed by atoms with van der Waals surface area (Å²) >= 11 is 0. The number of carbonyl (C=O) groups excluding carboxylic acids is 1. The molecule has 2 aromatic rings. The first-order valence-corrected chi connectivity index (χ1v) is 7.77. The van der Waals surface area contributed by atoms with Crippen molar-refractivity contribution in [1.82, 2.24) is 15.5 Å². The minimum atomic E-state index is -0.758. The van der Waals surface area contributed by atoms with Crippen LogP contribution in [0, 0.1) is 0 Å². The molecule has 1 aromatic carbocycles. The topological polar surface area (TPSA) is 95.1 Å². The number of aliphatic carboxylic acids is 1. The molecule has 3 N–H and O–H groups in total. The number of amides is 1. The minimum Gasteiger partial charge on any atom is -0.481 e. The summed E-state index contributed by atoms with van der Waals surface area (Å²) in [7, 11) is 0. The molecule has 6 heteroatoms. The van der Waals surface area contributed by atoms with Crippen LogP contribution in [0.2, 0.25) is 0 Å². The number of nitrogens with zero attached hydrogens (tertiary/aromatic N) is 1. The van der Waals surface area contributed by atoms with Gasteiger partial charge in [-0.25, -0.2) is 0 Å². The molecule has 0 aliphatic carbocycles. The lowest BCUT2D eigenvalue weighted by Gasteiger charge is -2.03. The third-order valence-electron chi connectivity index (χ3n) is 3.50. The quantitative estimate of drug-likeness (QED) is 0.620. The van der Waals surface area contributed by atoms with E-state index in [9.17, 15) is 9.59 Å². The van der Waals surface area contributed by atoms with Crippen molar-refractivity contribution in [3.05, 3.63) is 42.1 Å². The second kappa shape index (κ2) is 8.73. The van der Waals surface area contributed by atoms with Gasteiger partial charge in [0.25, 0.3) is 5.91 Å². The van der Waals surface area contributed by atoms with Crippen molar-refractivity contribution in [2.45, 2.75) is 32.1 Å². The first-order valence-electron chi connectivity index (χ1n) is 7.77. The molecular weight excluding hydrogens is 294 g/mol. The second-order valence-corrected chi connectivity index (χ2v) is 5.35. The zero-order chi connectivity index (χ0) is 16.5. The third kappa shape index (κ3) is 5.58. The Hall–Kier alpha value is -2.63. The van der Waals surface area contributed by atoms with Gasteiger partial charge in [0, 0.05) is 18.5 Å². The Kier molecular flexibility index (Phi) is 6.35. The van der Waals surface area contributed by atoms with Crippen LogP contribution in [-0.4, -0.2) is 33.7 Å². The van der Waals surface area contributed by atoms with Crippen molar-refractivity contribution in [3.8, 4) is 11.3 Å². The smallest absolute Gasteiger partial charge is 0.303 e. The predicted octanol–water partition coefficient (Wildman–Crippen LogP) is 2.84. The Morgan fingerprint density at radius 1 is 1.09 bits per heavy atom. The highest BCUT2D eigenvalue weighted by atomic mass is 16.4. The van der Waals surface area contributed by atoms with Gasteiger partial charge in [-0.15, -0.1) is 0 Å². The van der Waals surface area contributed by atoms with Crippen LogP contribution in [-0.2, 0) is 4.79 Å². The summed E-state index contributed by atoms with van der Waals surface area (Å²) in [6.07, 6.45) is 3.51. The van der Waals surface area contributed by atoms with Gasteiger partial charge < -0.3 is 10.4 Å². The molecule has 0 aliphatic heterocycles. The molecule has 0 fully saturated rings. The van der Waals surface area contributed by atoms with E-state index in [-0.39, 0.29) is 12.3 Å². The van der Waals surface area contributed by atoms with E-state index in [2.05, 4.69) is 15.5 Å². The van der Waals surface area contributed by atoms with Crippen LogP contribution in [0.15, 0.2) is 36.4 Å². The molecule has 0 bridgehead atoms. The molecule has 1 aromatic heterocycles. The van der Waals surface area contributed by atoms with E-state index >= 15 is 0 Å². The fourth-order valence-electron chi connectivity index (χ4n) is 2.25. The van der Waals surface area contributed by atoms with Crippen LogP contribution < -0.4 is 5.32 Å². The molecule has 1 heterocycles. The van der Waals surface area contributed by atoms with Crippen LogP contribution >= 0.6 is 0 Å². The molecule has 0 atom stereocenters. The maximum Gasteiger partial charge on any atom is 0.303 e. The molecule has 6 nitrogen and oxygen atoms in total. The van der Waals surface area contributed by atoms with E-state index in [0.717, 1.165) is 30.5 Å². The molecule has 23 heavy (non-hydrogen) atoms. The lowest BCUT2D eigenvalue weighted by Crippen LogP contribution is -2.24. The van der Waals surface area contributed by atoms with Crippen molar-refractivity contribution >= 4 is 11.9 Å². The summed E-state index contributed by atoms with van der Waals surface area (Å²) in [5, 5.41) is 18.3. The van der Waals surface area contributed by atoms with Crippen molar-refractivity contribution in [3.63, 3.8) is 0 Å². The van der Waals surface area contributed by atoms with Gasteiger partial charge in [-0.3, -0.25) is 14.7 Å². The summed E-state index contributed by atoms with van der Waals surface area (Å²) in [5.41, 5.74) is 2.14. The molecule has 0 unspecified atom stereocenters. The molecule has 2 rings (SSSR count). The molecule has 0 saturated heterocycles. The second-order valence-electron chi connectivity index (χ2n) is 5.35. The van der Waals surface area contributed by atoms with E-state index in [4.69, 9.17) is 5.11 Å². The number of unbranched alkanes of at least 4 members (excludes halogenated alkanes) is 3. The number of benzene rings is 1. The Morgan fingerprint density at radius 2 is 1.83 bits per heavy atom. The number of hydrogen-bond donors (Lipinski definition) is 3. The lowest BCUT2D eigenvalue weighted by atomic mass is 10.1. The molecule has 1 amide bonds.